The summed E-state index contributed by atoms with van der Waals surface area (Å²) < 4.78 is 70.0. The van der Waals surface area contributed by atoms with E-state index in [1.165, 1.54) is 15.4 Å². The third-order valence-corrected chi connectivity index (χ3v) is 19.6. The number of rotatable bonds is 24. The first kappa shape index (κ1) is 61.1. The van der Waals surface area contributed by atoms with Crippen LogP contribution in [-0.2, 0) is 57.1 Å². The third kappa shape index (κ3) is 12.9. The number of aliphatic carboxylic acids is 1. The maximum atomic E-state index is 15.2. The van der Waals surface area contributed by atoms with Gasteiger partial charge in [-0.15, -0.1) is 0 Å². The maximum Gasteiger partial charge on any atom is 0.332 e. The SMILES string of the molecule is COc1ccc(C(OCC(CCCCNC(=O)C2CCN(S(=O)(=O)c3ccccc3-c3c4cc/c(=[N+]5/CCc6ccccc65)cc-4oc4cc(N5CCc6ccccc65)ccc34)CC2)COC(=O)COCC(=O)O)(c2ccccc2)c2ccc(OC)cc2)cc1. The van der Waals surface area contributed by atoms with Gasteiger partial charge in [-0.3, -0.25) is 4.79 Å². The van der Waals surface area contributed by atoms with Crippen molar-refractivity contribution >= 4 is 55.9 Å². The number of nitrogens with zero attached hydrogens (tertiary/aromatic N) is 3. The average molecular weight is 1230 g/mol. The summed E-state index contributed by atoms with van der Waals surface area (Å²) in [5.74, 6) is -0.777. The Morgan fingerprint density at radius 2 is 1.37 bits per heavy atom. The van der Waals surface area contributed by atoms with E-state index in [0.717, 1.165) is 81.6 Å². The van der Waals surface area contributed by atoms with Gasteiger partial charge in [0.1, 0.15) is 41.7 Å². The number of methoxy groups -OCH3 is 2. The summed E-state index contributed by atoms with van der Waals surface area (Å²) in [5.41, 5.74) is 10.1. The van der Waals surface area contributed by atoms with Crippen molar-refractivity contribution in [3.8, 4) is 33.9 Å². The van der Waals surface area contributed by atoms with Gasteiger partial charge in [0.05, 0.1) is 38.4 Å². The van der Waals surface area contributed by atoms with Crippen LogP contribution in [0.4, 0.5) is 17.1 Å². The Kier molecular flexibility index (Phi) is 18.5. The lowest BCUT2D eigenvalue weighted by Gasteiger charge is -2.37. The van der Waals surface area contributed by atoms with E-state index < -0.39 is 46.7 Å². The Hall–Kier alpha value is -9.13. The second kappa shape index (κ2) is 27.3. The second-order valence-electron chi connectivity index (χ2n) is 23.1. The zero-order valence-corrected chi connectivity index (χ0v) is 51.4. The van der Waals surface area contributed by atoms with E-state index in [-0.39, 0.29) is 43.0 Å². The van der Waals surface area contributed by atoms with Gasteiger partial charge in [-0.2, -0.15) is 8.88 Å². The first-order chi connectivity index (χ1) is 43.9. The smallest absolute Gasteiger partial charge is 0.332 e. The van der Waals surface area contributed by atoms with E-state index in [0.29, 0.717) is 67.1 Å². The molecule has 16 nitrogen and oxygen atoms in total. The number of anilines is 2. The van der Waals surface area contributed by atoms with Crippen LogP contribution < -0.4 is 29.6 Å². The Balaban J connectivity index is 0.739. The number of sulfonamides is 1. The molecule has 0 radical (unpaired) electrons. The molecule has 7 aromatic carbocycles. The molecule has 90 heavy (non-hydrogen) atoms. The van der Waals surface area contributed by atoms with Crippen molar-refractivity contribution in [2.45, 2.75) is 55.4 Å². The lowest BCUT2D eigenvalue weighted by Crippen LogP contribution is -2.43. The number of fused-ring (bicyclic) bond motifs is 4. The fourth-order valence-corrected chi connectivity index (χ4v) is 14.7. The standard InChI is InChI=1S/C73H72N4O12S/c1-84-59-29-23-55(24-30-59)73(54-17-4-3-5-18-54,56-25-31-60(85-2)32-26-56)88-47-50(46-87-70(80)49-86-48-69(78)79)14-12-13-39-74-72(81)53-35-40-75(41-36-53)90(82,83)68-22-11-8-19-63(68)71-61-33-27-57(76-42-37-51-15-6-9-20-64(51)76)44-66(61)89-67-45-58(28-34-62(67)71)77-43-38-52-16-7-10-21-65(52)77/h3-11,15-34,44-45,50,53H,12-14,35-43,46-49H2,1-2H3,(H-,74,78,79,81)/p+1. The molecule has 5 aliphatic rings. The number of hydrogen-bond acceptors (Lipinski definition) is 12. The van der Waals surface area contributed by atoms with Gasteiger partial charge in [0.25, 0.3) is 0 Å². The van der Waals surface area contributed by atoms with Crippen LogP contribution in [0.3, 0.4) is 0 Å². The monoisotopic (exact) mass is 1230 g/mol. The summed E-state index contributed by atoms with van der Waals surface area (Å²) in [6.45, 7) is 1.30. The Bertz CT molecular complexity index is 4160. The molecule has 12 rings (SSSR count). The summed E-state index contributed by atoms with van der Waals surface area (Å²) in [6.07, 6.45) is 4.32. The summed E-state index contributed by atoms with van der Waals surface area (Å²) in [6, 6.07) is 61.9. The van der Waals surface area contributed by atoms with E-state index in [2.05, 4.69) is 99.7 Å². The largest absolute Gasteiger partial charge is 0.497 e. The van der Waals surface area contributed by atoms with E-state index in [1.54, 1.807) is 26.4 Å². The van der Waals surface area contributed by atoms with E-state index in [9.17, 15) is 14.4 Å². The number of amides is 1. The number of carbonyl (C=O) groups is 3. The number of carboxylic acid groups (broad SMARTS) is 1. The van der Waals surface area contributed by atoms with Crippen molar-refractivity contribution in [1.82, 2.24) is 14.2 Å². The van der Waals surface area contributed by atoms with Crippen LogP contribution in [0, 0.1) is 11.8 Å². The fraction of sp³-hybridized carbons (Fsp3) is 0.288. The molecule has 1 unspecified atom stereocenters. The number of esters is 1. The van der Waals surface area contributed by atoms with E-state index in [4.69, 9.17) is 33.2 Å². The highest BCUT2D eigenvalue weighted by Crippen LogP contribution is 2.46. The number of piperidine rings is 1. The molecule has 2 N–H and O–H groups in total. The normalized spacial score (nSPS) is 15.3. The van der Waals surface area contributed by atoms with Crippen LogP contribution in [0.1, 0.15) is 59.9 Å². The van der Waals surface area contributed by atoms with Crippen molar-refractivity contribution in [3.05, 3.63) is 221 Å². The minimum atomic E-state index is -4.08. The highest BCUT2D eigenvalue weighted by Gasteiger charge is 2.40. The first-order valence-electron chi connectivity index (χ1n) is 30.8. The van der Waals surface area contributed by atoms with Crippen molar-refractivity contribution < 1.29 is 56.0 Å². The molecule has 7 aromatic rings. The molecule has 0 aromatic heterocycles. The lowest BCUT2D eigenvalue weighted by atomic mass is 9.79. The average Bonchev–Trinajstić information content (AvgIpc) is 0.842. The van der Waals surface area contributed by atoms with Crippen LogP contribution in [0.15, 0.2) is 197 Å². The van der Waals surface area contributed by atoms with Crippen molar-refractivity contribution in [2.24, 2.45) is 11.8 Å². The number of para-hydroxylation sites is 2. The maximum absolute atomic E-state index is 15.2. The van der Waals surface area contributed by atoms with Gasteiger partial charge in [-0.05, 0) is 109 Å². The molecule has 1 saturated heterocycles. The molecule has 4 heterocycles. The Labute approximate surface area is 524 Å². The molecular weight excluding hydrogens is 1160 g/mol. The molecule has 1 fully saturated rings. The number of hydrogen-bond donors (Lipinski definition) is 2. The fourth-order valence-electron chi connectivity index (χ4n) is 13.0. The molecule has 1 amide bonds. The molecule has 17 heteroatoms. The molecule has 0 spiro atoms. The molecule has 0 bridgehead atoms. The Morgan fingerprint density at radius 1 is 0.689 bits per heavy atom. The number of benzene rings is 8. The molecule has 462 valence electrons. The van der Waals surface area contributed by atoms with Gasteiger partial charge in [-0.1, -0.05) is 116 Å². The van der Waals surface area contributed by atoms with Crippen LogP contribution in [0.5, 0.6) is 11.5 Å². The van der Waals surface area contributed by atoms with Gasteiger partial charge in [-0.25, -0.2) is 18.0 Å². The van der Waals surface area contributed by atoms with Gasteiger partial charge in [0.15, 0.2) is 6.54 Å². The van der Waals surface area contributed by atoms with Crippen molar-refractivity contribution in [1.29, 1.82) is 0 Å². The molecule has 1 atom stereocenters. The van der Waals surface area contributed by atoms with Crippen LogP contribution in [0.2, 0.25) is 0 Å². The zero-order valence-electron chi connectivity index (χ0n) is 50.6. The topological polar surface area (TPSA) is 186 Å². The van der Waals surface area contributed by atoms with E-state index >= 15 is 8.42 Å². The Morgan fingerprint density at radius 3 is 2.10 bits per heavy atom. The van der Waals surface area contributed by atoms with Crippen LogP contribution >= 0.6 is 0 Å². The van der Waals surface area contributed by atoms with Gasteiger partial charge in [0.2, 0.25) is 27.0 Å². The molecule has 4 aliphatic heterocycles. The number of carboxylic acids is 1. The van der Waals surface area contributed by atoms with Crippen LogP contribution in [-0.4, -0.2) is 109 Å². The third-order valence-electron chi connectivity index (χ3n) is 17.7. The number of nitrogens with one attached hydrogen (secondary N) is 1. The summed E-state index contributed by atoms with van der Waals surface area (Å²) >= 11 is 0. The number of ether oxygens (including phenoxy) is 5. The first-order valence-corrected chi connectivity index (χ1v) is 32.2. The van der Waals surface area contributed by atoms with Gasteiger partial charge >= 0.3 is 11.9 Å². The molecular formula is C73H73N4O12S+. The zero-order chi connectivity index (χ0) is 62.2. The number of carbonyl (C=O) groups excluding carboxylic acids is 2. The molecule has 1 aliphatic carbocycles. The minimum absolute atomic E-state index is 0.0386. The quantitative estimate of drug-likeness (QED) is 0.0192. The minimum Gasteiger partial charge on any atom is -0.497 e. The van der Waals surface area contributed by atoms with Crippen LogP contribution in [0.25, 0.3) is 33.4 Å². The predicted octanol–water partition coefficient (Wildman–Crippen LogP) is 11.5. The van der Waals surface area contributed by atoms with Gasteiger partial charge in [0, 0.05) is 102 Å². The van der Waals surface area contributed by atoms with E-state index in [1.807, 2.05) is 91.0 Å². The summed E-state index contributed by atoms with van der Waals surface area (Å²) in [7, 11) is -0.860. The highest BCUT2D eigenvalue weighted by molar-refractivity contribution is 7.89. The lowest BCUT2D eigenvalue weighted by molar-refractivity contribution is -0.154. The van der Waals surface area contributed by atoms with Gasteiger partial charge < -0.3 is 43.4 Å². The predicted molar refractivity (Wildman–Crippen MR) is 345 cm³/mol. The summed E-state index contributed by atoms with van der Waals surface area (Å²) in [4.78, 5) is 40.4. The summed E-state index contributed by atoms with van der Waals surface area (Å²) in [5, 5.41) is 14.0. The highest BCUT2D eigenvalue weighted by atomic mass is 32.2. The molecule has 0 saturated carbocycles. The number of unbranched alkanes of at least 4 members (excludes halogenated alkanes) is 1. The van der Waals surface area contributed by atoms with Crippen molar-refractivity contribution in [2.75, 3.05) is 78.3 Å². The van der Waals surface area contributed by atoms with Crippen molar-refractivity contribution in [3.63, 3.8) is 0 Å². The second-order valence-corrected chi connectivity index (χ2v) is 25.0.